The number of aliphatic hydroxyl groups is 1. The van der Waals surface area contributed by atoms with E-state index in [-0.39, 0.29) is 12.1 Å². The number of hydrogen-bond acceptors (Lipinski definition) is 5. The molecule has 1 aromatic carbocycles. The number of aliphatic hydroxyl groups excluding tert-OH is 1. The molecular formula is C9H10F2N2O5S. The van der Waals surface area contributed by atoms with E-state index in [0.29, 0.717) is 0 Å². The maximum Gasteiger partial charge on any atom is 0.306 e. The average molecular weight is 296 g/mol. The average Bonchev–Trinajstić information content (AvgIpc) is 2.25. The summed E-state index contributed by atoms with van der Waals surface area (Å²) >= 11 is 0. The molecule has 0 saturated heterocycles. The van der Waals surface area contributed by atoms with E-state index >= 15 is 0 Å². The molecule has 1 aromatic rings. The third-order valence-electron chi connectivity index (χ3n) is 2.06. The lowest BCUT2D eigenvalue weighted by atomic mass is 10.3. The highest BCUT2D eigenvalue weighted by Crippen LogP contribution is 2.24. The number of nitro groups is 1. The highest BCUT2D eigenvalue weighted by molar-refractivity contribution is 7.89. The van der Waals surface area contributed by atoms with Gasteiger partial charge in [-0.3, -0.25) is 10.1 Å². The van der Waals surface area contributed by atoms with Crippen molar-refractivity contribution in [2.45, 2.75) is 17.9 Å². The minimum absolute atomic E-state index is 0.120. The summed E-state index contributed by atoms with van der Waals surface area (Å²) in [5.41, 5.74) is -1.15. The first-order chi connectivity index (χ1) is 8.65. The van der Waals surface area contributed by atoms with Crippen LogP contribution in [0.2, 0.25) is 0 Å². The van der Waals surface area contributed by atoms with Crippen molar-refractivity contribution in [3.05, 3.63) is 33.9 Å². The van der Waals surface area contributed by atoms with Crippen molar-refractivity contribution in [1.29, 1.82) is 0 Å². The molecule has 0 unspecified atom stereocenters. The molecular weight excluding hydrogens is 286 g/mol. The van der Waals surface area contributed by atoms with E-state index in [1.165, 1.54) is 6.92 Å². The van der Waals surface area contributed by atoms with Crippen LogP contribution >= 0.6 is 0 Å². The first-order valence-electron chi connectivity index (χ1n) is 4.96. The molecule has 2 N–H and O–H groups in total. The van der Waals surface area contributed by atoms with Crippen molar-refractivity contribution >= 4 is 15.7 Å². The van der Waals surface area contributed by atoms with Crippen LogP contribution in [0.5, 0.6) is 0 Å². The van der Waals surface area contributed by atoms with Gasteiger partial charge in [0.2, 0.25) is 15.8 Å². The van der Waals surface area contributed by atoms with Gasteiger partial charge in [-0.15, -0.1) is 0 Å². The Morgan fingerprint density at radius 2 is 2.00 bits per heavy atom. The first-order valence-corrected chi connectivity index (χ1v) is 6.44. The van der Waals surface area contributed by atoms with Crippen LogP contribution in [-0.2, 0) is 10.0 Å². The van der Waals surface area contributed by atoms with Gasteiger partial charge in [0.1, 0.15) is 10.7 Å². The zero-order valence-electron chi connectivity index (χ0n) is 9.63. The summed E-state index contributed by atoms with van der Waals surface area (Å²) in [5.74, 6) is -2.93. The zero-order chi connectivity index (χ0) is 14.8. The molecule has 0 bridgehead atoms. The Labute approximate surface area is 107 Å². The first kappa shape index (κ1) is 15.4. The van der Waals surface area contributed by atoms with Gasteiger partial charge in [0.25, 0.3) is 0 Å². The second kappa shape index (κ2) is 5.55. The number of sulfonamides is 1. The number of rotatable bonds is 5. The molecule has 10 heteroatoms. The van der Waals surface area contributed by atoms with Crippen LogP contribution in [-0.4, -0.2) is 31.1 Å². The van der Waals surface area contributed by atoms with E-state index in [4.69, 9.17) is 5.11 Å². The molecule has 0 aliphatic rings. The predicted octanol–water partition coefficient (Wildman–Crippen LogP) is 0.532. The van der Waals surface area contributed by atoms with Crippen LogP contribution in [0.25, 0.3) is 0 Å². The molecule has 0 aliphatic heterocycles. The van der Waals surface area contributed by atoms with Crippen molar-refractivity contribution in [1.82, 2.24) is 4.72 Å². The molecule has 0 aliphatic carbocycles. The fourth-order valence-electron chi connectivity index (χ4n) is 1.17. The van der Waals surface area contributed by atoms with Crippen LogP contribution in [0.15, 0.2) is 17.0 Å². The number of nitro benzene ring substituents is 1. The Balaban J connectivity index is 3.27. The third-order valence-corrected chi connectivity index (χ3v) is 3.49. The Morgan fingerprint density at radius 1 is 1.42 bits per heavy atom. The van der Waals surface area contributed by atoms with E-state index in [1.54, 1.807) is 0 Å². The van der Waals surface area contributed by atoms with E-state index in [0.717, 1.165) is 0 Å². The predicted molar refractivity (Wildman–Crippen MR) is 59.9 cm³/mol. The van der Waals surface area contributed by atoms with Crippen molar-refractivity contribution in [2.24, 2.45) is 0 Å². The molecule has 0 spiro atoms. The summed E-state index contributed by atoms with van der Waals surface area (Å²) in [7, 11) is -4.41. The lowest BCUT2D eigenvalue weighted by molar-refractivity contribution is -0.387. The van der Waals surface area contributed by atoms with E-state index in [2.05, 4.69) is 0 Å². The highest BCUT2D eigenvalue weighted by atomic mass is 32.2. The number of benzene rings is 1. The molecule has 1 rings (SSSR count). The van der Waals surface area contributed by atoms with Crippen LogP contribution in [0, 0.1) is 21.7 Å². The van der Waals surface area contributed by atoms with Gasteiger partial charge in [-0.05, 0) is 6.92 Å². The number of hydrogen-bond donors (Lipinski definition) is 2. The van der Waals surface area contributed by atoms with Crippen LogP contribution < -0.4 is 4.72 Å². The summed E-state index contributed by atoms with van der Waals surface area (Å²) in [6, 6.07) is 0.407. The third kappa shape index (κ3) is 3.66. The number of halogens is 2. The normalized spacial score (nSPS) is 13.3. The van der Waals surface area contributed by atoms with Gasteiger partial charge < -0.3 is 5.11 Å². The van der Waals surface area contributed by atoms with Gasteiger partial charge in [-0.1, -0.05) is 0 Å². The van der Waals surface area contributed by atoms with E-state index < -0.39 is 49.8 Å². The lowest BCUT2D eigenvalue weighted by Crippen LogP contribution is -2.31. The van der Waals surface area contributed by atoms with Crippen LogP contribution in [0.1, 0.15) is 6.92 Å². The molecule has 106 valence electrons. The van der Waals surface area contributed by atoms with E-state index in [1.807, 2.05) is 4.72 Å². The largest absolute Gasteiger partial charge is 0.392 e. The molecule has 0 amide bonds. The minimum atomic E-state index is -4.41. The number of nitrogens with zero attached hydrogens (tertiary/aromatic N) is 1. The van der Waals surface area contributed by atoms with Gasteiger partial charge in [0.15, 0.2) is 0 Å². The minimum Gasteiger partial charge on any atom is -0.392 e. The summed E-state index contributed by atoms with van der Waals surface area (Å²) in [4.78, 5) is 8.25. The zero-order valence-corrected chi connectivity index (χ0v) is 10.4. The molecule has 19 heavy (non-hydrogen) atoms. The summed E-state index contributed by atoms with van der Waals surface area (Å²) in [5, 5.41) is 19.4. The second-order valence-corrected chi connectivity index (χ2v) is 5.43. The van der Waals surface area contributed by atoms with Gasteiger partial charge in [0.05, 0.1) is 11.0 Å². The molecule has 0 radical (unpaired) electrons. The van der Waals surface area contributed by atoms with Crippen molar-refractivity contribution in [3.8, 4) is 0 Å². The Hall–Kier alpha value is -1.65. The Kier molecular flexibility index (Phi) is 4.50. The van der Waals surface area contributed by atoms with Gasteiger partial charge in [0, 0.05) is 18.7 Å². The summed E-state index contributed by atoms with van der Waals surface area (Å²) in [6.07, 6.45) is -1.03. The Bertz CT molecular complexity index is 603. The topological polar surface area (TPSA) is 110 Å². The maximum atomic E-state index is 13.4. The van der Waals surface area contributed by atoms with Crippen molar-refractivity contribution < 1.29 is 27.2 Å². The van der Waals surface area contributed by atoms with Gasteiger partial charge in [-0.25, -0.2) is 17.5 Å². The van der Waals surface area contributed by atoms with Crippen molar-refractivity contribution in [2.75, 3.05) is 6.54 Å². The van der Waals surface area contributed by atoms with Gasteiger partial charge >= 0.3 is 5.69 Å². The summed E-state index contributed by atoms with van der Waals surface area (Å²) in [6.45, 7) is 0.874. The molecule has 7 nitrogen and oxygen atoms in total. The second-order valence-electron chi connectivity index (χ2n) is 3.69. The molecule has 0 fully saturated rings. The van der Waals surface area contributed by atoms with Crippen LogP contribution in [0.4, 0.5) is 14.5 Å². The van der Waals surface area contributed by atoms with E-state index in [9.17, 15) is 27.3 Å². The molecule has 0 aromatic heterocycles. The standard InChI is InChI=1S/C9H10F2N2O5S/c1-5(14)4-12-19(17,18)9-3-8(13(15)16)6(10)2-7(9)11/h2-3,5,12,14H,4H2,1H3/t5-/m0/s1. The quantitative estimate of drug-likeness (QED) is 0.608. The number of nitrogens with one attached hydrogen (secondary N) is 1. The van der Waals surface area contributed by atoms with Crippen molar-refractivity contribution in [3.63, 3.8) is 0 Å². The van der Waals surface area contributed by atoms with Crippen LogP contribution in [0.3, 0.4) is 0 Å². The lowest BCUT2D eigenvalue weighted by Gasteiger charge is -2.09. The molecule has 1 atom stereocenters. The smallest absolute Gasteiger partial charge is 0.306 e. The molecule has 0 saturated carbocycles. The fraction of sp³-hybridized carbons (Fsp3) is 0.333. The van der Waals surface area contributed by atoms with Gasteiger partial charge in [-0.2, -0.15) is 4.39 Å². The summed E-state index contributed by atoms with van der Waals surface area (Å²) < 4.78 is 51.5. The highest BCUT2D eigenvalue weighted by Gasteiger charge is 2.26. The SMILES string of the molecule is C[C@H](O)CNS(=O)(=O)c1cc([N+](=O)[O-])c(F)cc1F. The fourth-order valence-corrected chi connectivity index (χ4v) is 2.37. The molecule has 0 heterocycles. The Morgan fingerprint density at radius 3 is 2.47 bits per heavy atom. The maximum absolute atomic E-state index is 13.4. The monoisotopic (exact) mass is 296 g/mol.